The molecule has 0 aromatic heterocycles. The molecule has 2 aromatic carbocycles. The highest BCUT2D eigenvalue weighted by Gasteiger charge is 2.34. The number of nitrogens with one attached hydrogen (secondary N) is 1. The van der Waals surface area contributed by atoms with Crippen molar-refractivity contribution in [3.8, 4) is 0 Å². The quantitative estimate of drug-likeness (QED) is 0.476. The van der Waals surface area contributed by atoms with Gasteiger partial charge in [-0.15, -0.1) is 0 Å². The van der Waals surface area contributed by atoms with Crippen LogP contribution in [0.15, 0.2) is 48.0 Å². The van der Waals surface area contributed by atoms with E-state index in [-0.39, 0.29) is 15.7 Å². The zero-order valence-electron chi connectivity index (χ0n) is 12.4. The molecule has 0 spiro atoms. The summed E-state index contributed by atoms with van der Waals surface area (Å²) < 4.78 is 13.6. The average Bonchev–Trinajstić information content (AvgIpc) is 2.56. The van der Waals surface area contributed by atoms with Crippen LogP contribution in [0, 0.1) is 5.82 Å². The second kappa shape index (κ2) is 6.92. The van der Waals surface area contributed by atoms with Crippen LogP contribution in [-0.2, 0) is 9.59 Å². The van der Waals surface area contributed by atoms with Gasteiger partial charge in [-0.2, -0.15) is 0 Å². The van der Waals surface area contributed by atoms with Gasteiger partial charge in [0.25, 0.3) is 11.8 Å². The number of thiocarbonyl (C=S) groups is 1. The van der Waals surface area contributed by atoms with Crippen LogP contribution in [0.2, 0.25) is 10.0 Å². The number of halogens is 3. The van der Waals surface area contributed by atoms with E-state index in [0.29, 0.717) is 16.3 Å². The summed E-state index contributed by atoms with van der Waals surface area (Å²) in [5, 5.41) is 2.85. The Morgan fingerprint density at radius 1 is 1.08 bits per heavy atom. The van der Waals surface area contributed by atoms with Gasteiger partial charge in [-0.3, -0.25) is 19.8 Å². The van der Waals surface area contributed by atoms with Crippen LogP contribution in [0.1, 0.15) is 5.56 Å². The molecular formula is C17H9Cl2FN2O2S. The molecule has 4 nitrogen and oxygen atoms in total. The topological polar surface area (TPSA) is 49.4 Å². The largest absolute Gasteiger partial charge is 0.298 e. The van der Waals surface area contributed by atoms with E-state index < -0.39 is 17.6 Å². The van der Waals surface area contributed by atoms with Crippen LogP contribution < -0.4 is 10.2 Å². The summed E-state index contributed by atoms with van der Waals surface area (Å²) in [6.45, 7) is 0. The molecule has 0 atom stereocenters. The van der Waals surface area contributed by atoms with E-state index in [9.17, 15) is 14.0 Å². The summed E-state index contributed by atoms with van der Waals surface area (Å²) in [5.74, 6) is -1.92. The fraction of sp³-hybridized carbons (Fsp3) is 0. The Balaban J connectivity index is 2.01. The van der Waals surface area contributed by atoms with E-state index in [1.807, 2.05) is 0 Å². The van der Waals surface area contributed by atoms with Crippen LogP contribution >= 0.6 is 35.4 Å². The molecule has 1 aliphatic rings. The monoisotopic (exact) mass is 394 g/mol. The SMILES string of the molecule is O=C1NC(=S)N(c2ccc(Cl)cc2)C(=O)C1=Cc1ccc(Cl)c(F)c1. The van der Waals surface area contributed by atoms with Crippen molar-refractivity contribution in [2.75, 3.05) is 4.90 Å². The maximum atomic E-state index is 13.6. The molecule has 0 saturated carbocycles. The van der Waals surface area contributed by atoms with Crippen molar-refractivity contribution >= 4 is 64.1 Å². The van der Waals surface area contributed by atoms with Gasteiger partial charge in [-0.1, -0.05) is 29.3 Å². The lowest BCUT2D eigenvalue weighted by Crippen LogP contribution is -2.54. The lowest BCUT2D eigenvalue weighted by Gasteiger charge is -2.28. The van der Waals surface area contributed by atoms with Gasteiger partial charge in [0, 0.05) is 5.02 Å². The van der Waals surface area contributed by atoms with Crippen LogP contribution in [0.3, 0.4) is 0 Å². The number of anilines is 1. The first-order chi connectivity index (χ1) is 11.9. The van der Waals surface area contributed by atoms with E-state index >= 15 is 0 Å². The zero-order valence-corrected chi connectivity index (χ0v) is 14.8. The van der Waals surface area contributed by atoms with Crippen LogP contribution in [-0.4, -0.2) is 16.9 Å². The number of nitrogens with zero attached hydrogens (tertiary/aromatic N) is 1. The number of rotatable bonds is 2. The highest BCUT2D eigenvalue weighted by Crippen LogP contribution is 2.24. The third-order valence-corrected chi connectivity index (χ3v) is 4.28. The van der Waals surface area contributed by atoms with Crippen LogP contribution in [0.25, 0.3) is 6.08 Å². The highest BCUT2D eigenvalue weighted by atomic mass is 35.5. The fourth-order valence-electron chi connectivity index (χ4n) is 2.25. The van der Waals surface area contributed by atoms with Gasteiger partial charge in [0.05, 0.1) is 10.7 Å². The van der Waals surface area contributed by atoms with Gasteiger partial charge >= 0.3 is 0 Å². The second-order valence-electron chi connectivity index (χ2n) is 5.11. The Labute approximate surface area is 157 Å². The summed E-state index contributed by atoms with van der Waals surface area (Å²) in [6, 6.07) is 10.4. The first-order valence-electron chi connectivity index (χ1n) is 6.99. The van der Waals surface area contributed by atoms with Crippen molar-refractivity contribution in [1.82, 2.24) is 5.32 Å². The minimum atomic E-state index is -0.657. The van der Waals surface area contributed by atoms with Crippen LogP contribution in [0.5, 0.6) is 0 Å². The molecule has 1 N–H and O–H groups in total. The van der Waals surface area contributed by atoms with Crippen LogP contribution in [0.4, 0.5) is 10.1 Å². The Morgan fingerprint density at radius 3 is 2.40 bits per heavy atom. The molecule has 2 aromatic rings. The van der Waals surface area contributed by atoms with Crippen molar-refractivity contribution in [3.63, 3.8) is 0 Å². The number of hydrogen-bond acceptors (Lipinski definition) is 3. The summed E-state index contributed by atoms with van der Waals surface area (Å²) >= 11 is 16.6. The molecule has 8 heteroatoms. The standard InChI is InChI=1S/C17H9Cl2FN2O2S/c18-10-2-4-11(5-3-10)22-16(24)12(15(23)21-17(22)25)7-9-1-6-13(19)14(20)8-9/h1-8H,(H,21,23,25). The predicted octanol–water partition coefficient (Wildman–Crippen LogP) is 3.96. The van der Waals surface area contributed by atoms with Crippen molar-refractivity contribution in [2.45, 2.75) is 0 Å². The molecular weight excluding hydrogens is 386 g/mol. The molecule has 3 rings (SSSR count). The average molecular weight is 395 g/mol. The molecule has 0 radical (unpaired) electrons. The first-order valence-corrected chi connectivity index (χ1v) is 8.15. The van der Waals surface area contributed by atoms with Gasteiger partial charge in [-0.25, -0.2) is 4.39 Å². The predicted molar refractivity (Wildman–Crippen MR) is 99.1 cm³/mol. The third kappa shape index (κ3) is 3.56. The van der Waals surface area contributed by atoms with E-state index in [1.54, 1.807) is 24.3 Å². The molecule has 1 heterocycles. The van der Waals surface area contributed by atoms with E-state index in [1.165, 1.54) is 23.1 Å². The van der Waals surface area contributed by atoms with Gasteiger partial charge in [0.15, 0.2) is 5.11 Å². The normalized spacial score (nSPS) is 16.4. The maximum absolute atomic E-state index is 13.6. The number of carbonyl (C=O) groups excluding carboxylic acids is 2. The second-order valence-corrected chi connectivity index (χ2v) is 6.34. The smallest absolute Gasteiger partial charge is 0.270 e. The summed E-state index contributed by atoms with van der Waals surface area (Å²) in [6.07, 6.45) is 1.28. The van der Waals surface area contributed by atoms with Crippen molar-refractivity contribution in [2.24, 2.45) is 0 Å². The lowest BCUT2D eigenvalue weighted by molar-refractivity contribution is -0.122. The lowest BCUT2D eigenvalue weighted by atomic mass is 10.1. The third-order valence-electron chi connectivity index (χ3n) is 3.44. The van der Waals surface area contributed by atoms with Crippen molar-refractivity contribution < 1.29 is 14.0 Å². The molecule has 2 amide bonds. The van der Waals surface area contributed by atoms with Gasteiger partial charge in [0.1, 0.15) is 11.4 Å². The summed E-state index contributed by atoms with van der Waals surface area (Å²) in [4.78, 5) is 26.1. The number of benzene rings is 2. The highest BCUT2D eigenvalue weighted by molar-refractivity contribution is 7.80. The first kappa shape index (κ1) is 17.5. The minimum Gasteiger partial charge on any atom is -0.298 e. The molecule has 25 heavy (non-hydrogen) atoms. The van der Waals surface area contributed by atoms with Crippen molar-refractivity contribution in [1.29, 1.82) is 0 Å². The summed E-state index contributed by atoms with van der Waals surface area (Å²) in [7, 11) is 0. The molecule has 0 aliphatic carbocycles. The molecule has 1 aliphatic heterocycles. The van der Waals surface area contributed by atoms with Gasteiger partial charge in [0.2, 0.25) is 0 Å². The fourth-order valence-corrected chi connectivity index (χ4v) is 2.78. The van der Waals surface area contributed by atoms with E-state index in [0.717, 1.165) is 6.07 Å². The molecule has 0 bridgehead atoms. The molecule has 1 fully saturated rings. The van der Waals surface area contributed by atoms with Gasteiger partial charge in [-0.05, 0) is 60.3 Å². The van der Waals surface area contributed by atoms with Crippen molar-refractivity contribution in [3.05, 3.63) is 69.5 Å². The van der Waals surface area contributed by atoms with Gasteiger partial charge < -0.3 is 0 Å². The van der Waals surface area contributed by atoms with E-state index in [2.05, 4.69) is 5.32 Å². The molecule has 0 unspecified atom stereocenters. The Bertz CT molecular complexity index is 929. The number of carbonyl (C=O) groups is 2. The molecule has 126 valence electrons. The Hall–Kier alpha value is -2.28. The number of hydrogen-bond donors (Lipinski definition) is 1. The minimum absolute atomic E-state index is 0.0447. The van der Waals surface area contributed by atoms with E-state index in [4.69, 9.17) is 35.4 Å². The zero-order chi connectivity index (χ0) is 18.1. The number of amides is 2. The Morgan fingerprint density at radius 2 is 1.76 bits per heavy atom. The summed E-state index contributed by atoms with van der Waals surface area (Å²) in [5.41, 5.74) is 0.599. The Kier molecular flexibility index (Phi) is 4.85. The molecule has 1 saturated heterocycles. The maximum Gasteiger partial charge on any atom is 0.270 e.